The molecule has 0 saturated carbocycles. The Bertz CT molecular complexity index is 696. The summed E-state index contributed by atoms with van der Waals surface area (Å²) in [5.41, 5.74) is -0.910. The van der Waals surface area contributed by atoms with E-state index < -0.39 is 29.6 Å². The zero-order valence-electron chi connectivity index (χ0n) is 11.5. The van der Waals surface area contributed by atoms with Crippen molar-refractivity contribution in [2.75, 3.05) is 7.11 Å². The largest absolute Gasteiger partial charge is 0.573 e. The third kappa shape index (κ3) is 4.27. The van der Waals surface area contributed by atoms with Gasteiger partial charge < -0.3 is 9.47 Å². The Kier molecular flexibility index (Phi) is 4.39. The third-order valence-corrected chi connectivity index (χ3v) is 2.75. The van der Waals surface area contributed by atoms with Crippen LogP contribution in [0.1, 0.15) is 5.56 Å². The number of hydrogen-bond donors (Lipinski definition) is 0. The Morgan fingerprint density at radius 1 is 1.00 bits per heavy atom. The first-order valence-electron chi connectivity index (χ1n) is 6.07. The highest BCUT2D eigenvalue weighted by Gasteiger charge is 2.35. The van der Waals surface area contributed by atoms with E-state index in [-0.39, 0.29) is 11.3 Å². The first-order valence-corrected chi connectivity index (χ1v) is 6.07. The van der Waals surface area contributed by atoms with Gasteiger partial charge in [0.15, 0.2) is 0 Å². The molecule has 0 amide bonds. The molecule has 23 heavy (non-hydrogen) atoms. The molecule has 3 nitrogen and oxygen atoms in total. The van der Waals surface area contributed by atoms with Crippen molar-refractivity contribution in [3.8, 4) is 22.8 Å². The van der Waals surface area contributed by atoms with Gasteiger partial charge in [-0.1, -0.05) is 12.1 Å². The van der Waals surface area contributed by atoms with Crippen molar-refractivity contribution in [2.24, 2.45) is 0 Å². The topological polar surface area (TPSA) is 31.4 Å². The fourth-order valence-electron chi connectivity index (χ4n) is 1.83. The number of ether oxygens (including phenoxy) is 2. The lowest BCUT2D eigenvalue weighted by molar-refractivity contribution is -0.274. The molecule has 1 aromatic carbocycles. The van der Waals surface area contributed by atoms with Gasteiger partial charge in [0.1, 0.15) is 17.1 Å². The van der Waals surface area contributed by atoms with Crippen molar-refractivity contribution in [1.29, 1.82) is 0 Å². The summed E-state index contributed by atoms with van der Waals surface area (Å²) in [4.78, 5) is 3.62. The lowest BCUT2D eigenvalue weighted by Crippen LogP contribution is -2.17. The van der Waals surface area contributed by atoms with Crippen molar-refractivity contribution in [1.82, 2.24) is 4.98 Å². The van der Waals surface area contributed by atoms with Crippen LogP contribution >= 0.6 is 0 Å². The number of halogens is 6. The SMILES string of the molecule is COc1cc(-c2cccc(OC(F)(F)F)c2)ncc1C(F)(F)F. The van der Waals surface area contributed by atoms with Crippen molar-refractivity contribution in [3.05, 3.63) is 42.1 Å². The first-order chi connectivity index (χ1) is 10.6. The number of hydrogen-bond acceptors (Lipinski definition) is 3. The summed E-state index contributed by atoms with van der Waals surface area (Å²) >= 11 is 0. The monoisotopic (exact) mass is 337 g/mol. The van der Waals surface area contributed by atoms with Crippen LogP contribution in [0.2, 0.25) is 0 Å². The van der Waals surface area contributed by atoms with Crippen LogP contribution in [-0.4, -0.2) is 18.5 Å². The van der Waals surface area contributed by atoms with Crippen LogP contribution in [0.3, 0.4) is 0 Å². The summed E-state index contributed by atoms with van der Waals surface area (Å²) in [6.07, 6.45) is -8.96. The molecule has 0 fully saturated rings. The number of benzene rings is 1. The summed E-state index contributed by atoms with van der Waals surface area (Å²) in [6, 6.07) is 5.73. The number of methoxy groups -OCH3 is 1. The number of alkyl halides is 6. The Labute approximate surface area is 126 Å². The average Bonchev–Trinajstić information content (AvgIpc) is 2.44. The normalized spacial score (nSPS) is 12.1. The predicted octanol–water partition coefficient (Wildman–Crippen LogP) is 4.67. The van der Waals surface area contributed by atoms with Crippen molar-refractivity contribution >= 4 is 0 Å². The van der Waals surface area contributed by atoms with Crippen LogP contribution in [-0.2, 0) is 6.18 Å². The van der Waals surface area contributed by atoms with Gasteiger partial charge in [-0.05, 0) is 12.1 Å². The fourth-order valence-corrected chi connectivity index (χ4v) is 1.83. The molecular formula is C14H9F6NO2. The highest BCUT2D eigenvalue weighted by atomic mass is 19.4. The van der Waals surface area contributed by atoms with Crippen molar-refractivity contribution in [2.45, 2.75) is 12.5 Å². The summed E-state index contributed by atoms with van der Waals surface area (Å²) < 4.78 is 83.3. The van der Waals surface area contributed by atoms with E-state index in [1.807, 2.05) is 0 Å². The molecule has 0 bridgehead atoms. The minimum Gasteiger partial charge on any atom is -0.496 e. The summed E-state index contributed by atoms with van der Waals surface area (Å²) in [5, 5.41) is 0. The van der Waals surface area contributed by atoms with Crippen LogP contribution < -0.4 is 9.47 Å². The van der Waals surface area contributed by atoms with Gasteiger partial charge in [0, 0.05) is 17.8 Å². The maximum absolute atomic E-state index is 12.8. The van der Waals surface area contributed by atoms with Crippen LogP contribution in [0.5, 0.6) is 11.5 Å². The van der Waals surface area contributed by atoms with Gasteiger partial charge in [0.05, 0.1) is 12.8 Å². The van der Waals surface area contributed by atoms with E-state index in [2.05, 4.69) is 14.5 Å². The van der Waals surface area contributed by atoms with Crippen LogP contribution in [0.25, 0.3) is 11.3 Å². The Balaban J connectivity index is 2.41. The molecule has 0 aliphatic heterocycles. The minimum absolute atomic E-state index is 0.0162. The van der Waals surface area contributed by atoms with Gasteiger partial charge in [-0.25, -0.2) is 0 Å². The standard InChI is InChI=1S/C14H9F6NO2/c1-22-12-6-11(21-7-10(12)13(15,16)17)8-3-2-4-9(5-8)23-14(18,19)20/h2-7H,1H3. The second-order valence-corrected chi connectivity index (χ2v) is 4.34. The fraction of sp³-hybridized carbons (Fsp3) is 0.214. The first kappa shape index (κ1) is 16.9. The maximum Gasteiger partial charge on any atom is 0.573 e. The van der Waals surface area contributed by atoms with Crippen molar-refractivity contribution in [3.63, 3.8) is 0 Å². The van der Waals surface area contributed by atoms with Gasteiger partial charge in [0.2, 0.25) is 0 Å². The molecular weight excluding hydrogens is 328 g/mol. The van der Waals surface area contributed by atoms with Gasteiger partial charge >= 0.3 is 12.5 Å². The highest BCUT2D eigenvalue weighted by Crippen LogP contribution is 2.37. The molecule has 0 aliphatic rings. The van der Waals surface area contributed by atoms with Gasteiger partial charge in [-0.15, -0.1) is 13.2 Å². The Morgan fingerprint density at radius 2 is 1.70 bits per heavy atom. The number of pyridine rings is 1. The molecule has 2 rings (SSSR count). The lowest BCUT2D eigenvalue weighted by atomic mass is 10.1. The molecule has 0 saturated heterocycles. The van der Waals surface area contributed by atoms with Gasteiger partial charge in [-0.3, -0.25) is 4.98 Å². The molecule has 0 aliphatic carbocycles. The predicted molar refractivity (Wildman–Crippen MR) is 67.9 cm³/mol. The number of aromatic nitrogens is 1. The van der Waals surface area contributed by atoms with Gasteiger partial charge in [0.25, 0.3) is 0 Å². The van der Waals surface area contributed by atoms with Crippen LogP contribution in [0.15, 0.2) is 36.5 Å². The molecule has 0 unspecified atom stereocenters. The lowest BCUT2D eigenvalue weighted by Gasteiger charge is -2.13. The summed E-state index contributed by atoms with van der Waals surface area (Å²) in [7, 11) is 1.05. The average molecular weight is 337 g/mol. The van der Waals surface area contributed by atoms with Gasteiger partial charge in [-0.2, -0.15) is 13.2 Å². The quantitative estimate of drug-likeness (QED) is 0.763. The van der Waals surface area contributed by atoms with Crippen molar-refractivity contribution < 1.29 is 35.8 Å². The maximum atomic E-state index is 12.8. The number of nitrogens with zero attached hydrogens (tertiary/aromatic N) is 1. The zero-order valence-corrected chi connectivity index (χ0v) is 11.5. The molecule has 0 spiro atoms. The third-order valence-electron chi connectivity index (χ3n) is 2.75. The second kappa shape index (κ2) is 5.98. The Hall–Kier alpha value is -2.45. The highest BCUT2D eigenvalue weighted by molar-refractivity contribution is 5.63. The minimum atomic E-state index is -4.87. The summed E-state index contributed by atoms with van der Waals surface area (Å²) in [6.45, 7) is 0. The van der Waals surface area contributed by atoms with E-state index in [9.17, 15) is 26.3 Å². The van der Waals surface area contributed by atoms with E-state index >= 15 is 0 Å². The van der Waals surface area contributed by atoms with E-state index in [0.29, 0.717) is 6.20 Å². The van der Waals surface area contributed by atoms with E-state index in [0.717, 1.165) is 25.3 Å². The molecule has 0 atom stereocenters. The van der Waals surface area contributed by atoms with Crippen LogP contribution in [0.4, 0.5) is 26.3 Å². The smallest absolute Gasteiger partial charge is 0.496 e. The molecule has 1 heterocycles. The zero-order chi connectivity index (χ0) is 17.3. The molecule has 9 heteroatoms. The second-order valence-electron chi connectivity index (χ2n) is 4.34. The van der Waals surface area contributed by atoms with E-state index in [1.54, 1.807) is 0 Å². The molecule has 124 valence electrons. The van der Waals surface area contributed by atoms with E-state index in [1.165, 1.54) is 12.1 Å². The van der Waals surface area contributed by atoms with Crippen LogP contribution in [0, 0.1) is 0 Å². The molecule has 0 radical (unpaired) electrons. The Morgan fingerprint density at radius 3 is 2.26 bits per heavy atom. The molecule has 2 aromatic rings. The summed E-state index contributed by atoms with van der Waals surface area (Å²) in [5.74, 6) is -0.986. The van der Waals surface area contributed by atoms with E-state index in [4.69, 9.17) is 0 Å². The molecule has 1 aromatic heterocycles. The number of rotatable bonds is 3. The molecule has 0 N–H and O–H groups in total.